The minimum absolute atomic E-state index is 0.375. The Kier molecular flexibility index (Phi) is 4.64. The number of aliphatic hydroxyl groups is 2. The molecular weight excluding hydrogens is 347 g/mol. The fraction of sp³-hybridized carbons (Fsp3) is 0.333. The van der Waals surface area contributed by atoms with Crippen molar-refractivity contribution in [2.75, 3.05) is 5.33 Å². The van der Waals surface area contributed by atoms with E-state index in [-0.39, 0.29) is 0 Å². The van der Waals surface area contributed by atoms with Gasteiger partial charge in [0.25, 0.3) is 0 Å². The van der Waals surface area contributed by atoms with Gasteiger partial charge in [-0.2, -0.15) is 0 Å². The summed E-state index contributed by atoms with van der Waals surface area (Å²) in [5.74, 6) is 0. The summed E-state index contributed by atoms with van der Waals surface area (Å²) >= 11 is 5.29. The number of alkyl halides is 1. The van der Waals surface area contributed by atoms with E-state index in [9.17, 15) is 10.2 Å². The van der Waals surface area contributed by atoms with Gasteiger partial charge in [0.2, 0.25) is 0 Å². The van der Waals surface area contributed by atoms with E-state index >= 15 is 0 Å². The van der Waals surface area contributed by atoms with Crippen LogP contribution in [0.25, 0.3) is 0 Å². The van der Waals surface area contributed by atoms with Gasteiger partial charge < -0.3 is 10.2 Å². The van der Waals surface area contributed by atoms with Crippen LogP contribution >= 0.6 is 38.5 Å². The lowest BCUT2D eigenvalue weighted by molar-refractivity contribution is 0.0342. The number of rotatable bonds is 3. The Morgan fingerprint density at radius 2 is 2.08 bits per heavy atom. The van der Waals surface area contributed by atoms with Crippen LogP contribution in [0.1, 0.15) is 11.7 Å². The van der Waals surface area contributed by atoms with E-state index in [2.05, 4.69) is 38.5 Å². The fourth-order valence-corrected chi connectivity index (χ4v) is 1.92. The molecule has 72 valence electrons. The van der Waals surface area contributed by atoms with Crippen LogP contribution in [0.4, 0.5) is 0 Å². The predicted molar refractivity (Wildman–Crippen MR) is 63.9 cm³/mol. The molecule has 0 aliphatic heterocycles. The van der Waals surface area contributed by atoms with E-state index in [1.807, 2.05) is 18.2 Å². The largest absolute Gasteiger partial charge is 0.389 e. The Hall–Kier alpha value is 0.350. The molecule has 0 bridgehead atoms. The van der Waals surface area contributed by atoms with Gasteiger partial charge >= 0.3 is 0 Å². The maximum absolute atomic E-state index is 9.63. The van der Waals surface area contributed by atoms with Gasteiger partial charge in [-0.05, 0) is 40.3 Å². The minimum Gasteiger partial charge on any atom is -0.389 e. The van der Waals surface area contributed by atoms with Crippen LogP contribution in [0.2, 0.25) is 0 Å². The van der Waals surface area contributed by atoms with Crippen molar-refractivity contribution in [3.8, 4) is 0 Å². The molecule has 2 unspecified atom stereocenters. The molecule has 0 aromatic heterocycles. The third-order valence-corrected chi connectivity index (χ3v) is 3.05. The first-order chi connectivity index (χ1) is 6.15. The molecule has 0 aliphatic carbocycles. The van der Waals surface area contributed by atoms with Gasteiger partial charge in [-0.15, -0.1) is 0 Å². The van der Waals surface area contributed by atoms with Gasteiger partial charge in [-0.1, -0.05) is 28.1 Å². The highest BCUT2D eigenvalue weighted by molar-refractivity contribution is 14.1. The van der Waals surface area contributed by atoms with Crippen molar-refractivity contribution < 1.29 is 10.2 Å². The Morgan fingerprint density at radius 3 is 2.62 bits per heavy atom. The summed E-state index contributed by atoms with van der Waals surface area (Å²) in [6.45, 7) is 0. The zero-order valence-corrected chi connectivity index (χ0v) is 10.6. The molecule has 0 aliphatic rings. The van der Waals surface area contributed by atoms with E-state index in [0.29, 0.717) is 5.33 Å². The summed E-state index contributed by atoms with van der Waals surface area (Å²) in [5.41, 5.74) is 0.749. The molecule has 13 heavy (non-hydrogen) atoms. The quantitative estimate of drug-likeness (QED) is 0.643. The van der Waals surface area contributed by atoms with Gasteiger partial charge in [-0.25, -0.2) is 0 Å². The summed E-state index contributed by atoms with van der Waals surface area (Å²) in [7, 11) is 0. The first kappa shape index (κ1) is 11.4. The molecule has 1 rings (SSSR count). The summed E-state index contributed by atoms with van der Waals surface area (Å²) in [5, 5.41) is 19.4. The molecule has 0 spiro atoms. The smallest absolute Gasteiger partial charge is 0.106 e. The Balaban J connectivity index is 2.82. The number of hydrogen-bond acceptors (Lipinski definition) is 2. The lowest BCUT2D eigenvalue weighted by Gasteiger charge is -2.15. The maximum atomic E-state index is 9.63. The topological polar surface area (TPSA) is 40.5 Å². The van der Waals surface area contributed by atoms with E-state index in [0.717, 1.165) is 9.13 Å². The monoisotopic (exact) mass is 356 g/mol. The first-order valence-electron chi connectivity index (χ1n) is 3.82. The van der Waals surface area contributed by atoms with Crippen LogP contribution in [0.3, 0.4) is 0 Å². The van der Waals surface area contributed by atoms with E-state index in [1.165, 1.54) is 0 Å². The third kappa shape index (κ3) is 3.19. The molecule has 4 heteroatoms. The van der Waals surface area contributed by atoms with E-state index in [1.54, 1.807) is 6.07 Å². The molecule has 1 aromatic rings. The summed E-state index contributed by atoms with van der Waals surface area (Å²) in [4.78, 5) is 0. The van der Waals surface area contributed by atoms with Crippen molar-refractivity contribution in [2.45, 2.75) is 12.2 Å². The molecule has 0 amide bonds. The van der Waals surface area contributed by atoms with Gasteiger partial charge in [0.05, 0.1) is 6.10 Å². The lowest BCUT2D eigenvalue weighted by atomic mass is 10.1. The Labute approximate surface area is 99.2 Å². The van der Waals surface area contributed by atoms with E-state index in [4.69, 9.17) is 0 Å². The molecule has 2 N–H and O–H groups in total. The Morgan fingerprint density at radius 1 is 1.38 bits per heavy atom. The SMILES string of the molecule is OC(CBr)C(O)c1cccc(I)c1. The Bertz CT molecular complexity index is 280. The maximum Gasteiger partial charge on any atom is 0.106 e. The molecule has 2 nitrogen and oxygen atoms in total. The fourth-order valence-electron chi connectivity index (χ4n) is 0.997. The van der Waals surface area contributed by atoms with Gasteiger partial charge in [0.15, 0.2) is 0 Å². The molecular formula is C9H10BrIO2. The second-order valence-corrected chi connectivity index (χ2v) is 4.61. The van der Waals surface area contributed by atoms with Gasteiger partial charge in [-0.3, -0.25) is 0 Å². The van der Waals surface area contributed by atoms with Crippen molar-refractivity contribution in [3.05, 3.63) is 33.4 Å². The number of halogens is 2. The van der Waals surface area contributed by atoms with Crippen molar-refractivity contribution in [3.63, 3.8) is 0 Å². The standard InChI is InChI=1S/C9H10BrIO2/c10-5-8(12)9(13)6-2-1-3-7(11)4-6/h1-4,8-9,12-13H,5H2. The van der Waals surface area contributed by atoms with Gasteiger partial charge in [0, 0.05) is 8.90 Å². The van der Waals surface area contributed by atoms with Crippen molar-refractivity contribution in [1.82, 2.24) is 0 Å². The van der Waals surface area contributed by atoms with Crippen LogP contribution in [-0.4, -0.2) is 21.6 Å². The van der Waals surface area contributed by atoms with Crippen molar-refractivity contribution in [2.24, 2.45) is 0 Å². The van der Waals surface area contributed by atoms with Crippen LogP contribution in [0.5, 0.6) is 0 Å². The van der Waals surface area contributed by atoms with Crippen LogP contribution < -0.4 is 0 Å². The molecule has 0 saturated carbocycles. The summed E-state index contributed by atoms with van der Waals surface area (Å²) in [6, 6.07) is 7.47. The molecule has 0 radical (unpaired) electrons. The zero-order valence-electron chi connectivity index (χ0n) is 6.82. The average Bonchev–Trinajstić information content (AvgIpc) is 2.15. The summed E-state index contributed by atoms with van der Waals surface area (Å²) < 4.78 is 1.05. The number of benzene rings is 1. The first-order valence-corrected chi connectivity index (χ1v) is 6.02. The molecule has 0 heterocycles. The molecule has 1 aromatic carbocycles. The van der Waals surface area contributed by atoms with Gasteiger partial charge in [0.1, 0.15) is 6.10 Å². The number of hydrogen-bond donors (Lipinski definition) is 2. The highest BCUT2D eigenvalue weighted by Gasteiger charge is 2.16. The van der Waals surface area contributed by atoms with Crippen LogP contribution in [0.15, 0.2) is 24.3 Å². The van der Waals surface area contributed by atoms with Crippen LogP contribution in [-0.2, 0) is 0 Å². The highest BCUT2D eigenvalue weighted by Crippen LogP contribution is 2.19. The van der Waals surface area contributed by atoms with Crippen molar-refractivity contribution >= 4 is 38.5 Å². The second-order valence-electron chi connectivity index (χ2n) is 2.72. The van der Waals surface area contributed by atoms with Crippen molar-refractivity contribution in [1.29, 1.82) is 0 Å². The normalized spacial score (nSPS) is 15.4. The molecule has 2 atom stereocenters. The summed E-state index contributed by atoms with van der Waals surface area (Å²) in [6.07, 6.45) is -1.56. The average molecular weight is 357 g/mol. The minimum atomic E-state index is -0.811. The second kappa shape index (κ2) is 5.29. The number of aliphatic hydroxyl groups excluding tert-OH is 2. The molecule has 0 saturated heterocycles. The highest BCUT2D eigenvalue weighted by atomic mass is 127. The molecule has 0 fully saturated rings. The lowest BCUT2D eigenvalue weighted by Crippen LogP contribution is -2.19. The van der Waals surface area contributed by atoms with Crippen LogP contribution in [0, 0.1) is 3.57 Å². The predicted octanol–water partition coefficient (Wildman–Crippen LogP) is 2.08. The zero-order chi connectivity index (χ0) is 9.84. The van der Waals surface area contributed by atoms with E-state index < -0.39 is 12.2 Å². The third-order valence-electron chi connectivity index (χ3n) is 1.71.